The number of carbonyl (C=O) groups excluding carboxylic acids is 1. The van der Waals surface area contributed by atoms with E-state index in [0.29, 0.717) is 22.8 Å². The lowest BCUT2D eigenvalue weighted by Gasteiger charge is -2.09. The summed E-state index contributed by atoms with van der Waals surface area (Å²) in [5.74, 6) is 1.97. The first-order chi connectivity index (χ1) is 14.6. The molecule has 0 fully saturated rings. The third kappa shape index (κ3) is 3.53. The number of pyridine rings is 1. The lowest BCUT2D eigenvalue weighted by molar-refractivity contribution is 0.254. The van der Waals surface area contributed by atoms with E-state index >= 15 is 0 Å². The van der Waals surface area contributed by atoms with Crippen LogP contribution < -0.4 is 19.5 Å². The van der Waals surface area contributed by atoms with Crippen molar-refractivity contribution in [3.63, 3.8) is 0 Å². The number of amides is 1. The van der Waals surface area contributed by atoms with Gasteiger partial charge in [0.25, 0.3) is 0 Å². The summed E-state index contributed by atoms with van der Waals surface area (Å²) < 4.78 is 17.4. The number of nitrogens with one attached hydrogen (secondary N) is 1. The number of benzene rings is 2. The minimum absolute atomic E-state index is 0.310. The van der Waals surface area contributed by atoms with Gasteiger partial charge in [-0.15, -0.1) is 0 Å². The number of rotatable bonds is 5. The Morgan fingerprint density at radius 3 is 2.40 bits per heavy atom. The Morgan fingerprint density at radius 2 is 1.70 bits per heavy atom. The van der Waals surface area contributed by atoms with E-state index in [1.807, 2.05) is 30.3 Å². The molecule has 0 bridgehead atoms. The smallest absolute Gasteiger partial charge is 0.331 e. The SMILES string of the molecule is COc1ccc(NC(=O)n2cc(-c3ccc(OC)c(OC)c3)c3cccnc32)cc1. The van der Waals surface area contributed by atoms with Crippen molar-refractivity contribution in [2.45, 2.75) is 0 Å². The number of methoxy groups -OCH3 is 3. The molecule has 152 valence electrons. The number of hydrogen-bond donors (Lipinski definition) is 1. The van der Waals surface area contributed by atoms with Crippen LogP contribution in [0.1, 0.15) is 0 Å². The Labute approximate surface area is 173 Å². The Morgan fingerprint density at radius 1 is 0.933 bits per heavy atom. The van der Waals surface area contributed by atoms with Gasteiger partial charge in [0.15, 0.2) is 11.5 Å². The average molecular weight is 403 g/mol. The van der Waals surface area contributed by atoms with Gasteiger partial charge in [-0.05, 0) is 54.1 Å². The summed E-state index contributed by atoms with van der Waals surface area (Å²) >= 11 is 0. The fraction of sp³-hybridized carbons (Fsp3) is 0.130. The zero-order chi connectivity index (χ0) is 21.1. The summed E-state index contributed by atoms with van der Waals surface area (Å²) in [5, 5.41) is 3.75. The van der Waals surface area contributed by atoms with Crippen molar-refractivity contribution < 1.29 is 19.0 Å². The van der Waals surface area contributed by atoms with E-state index in [1.165, 1.54) is 4.57 Å². The van der Waals surface area contributed by atoms with Crippen LogP contribution >= 0.6 is 0 Å². The van der Waals surface area contributed by atoms with Gasteiger partial charge >= 0.3 is 6.03 Å². The predicted octanol–water partition coefficient (Wildman–Crippen LogP) is 4.81. The molecule has 30 heavy (non-hydrogen) atoms. The summed E-state index contributed by atoms with van der Waals surface area (Å²) in [6.07, 6.45) is 3.44. The summed E-state index contributed by atoms with van der Waals surface area (Å²) in [7, 11) is 4.78. The highest BCUT2D eigenvalue weighted by Gasteiger charge is 2.17. The van der Waals surface area contributed by atoms with E-state index in [0.717, 1.165) is 22.3 Å². The molecule has 4 rings (SSSR count). The van der Waals surface area contributed by atoms with Gasteiger partial charge in [0.1, 0.15) is 11.4 Å². The normalized spacial score (nSPS) is 10.6. The van der Waals surface area contributed by atoms with Gasteiger partial charge in [0.05, 0.1) is 21.3 Å². The van der Waals surface area contributed by atoms with Gasteiger partial charge < -0.3 is 19.5 Å². The molecule has 0 aliphatic carbocycles. The second kappa shape index (κ2) is 8.16. The van der Waals surface area contributed by atoms with Crippen molar-refractivity contribution in [2.24, 2.45) is 0 Å². The lowest BCUT2D eigenvalue weighted by Crippen LogP contribution is -2.18. The summed E-state index contributed by atoms with van der Waals surface area (Å²) in [4.78, 5) is 17.4. The molecule has 7 heteroatoms. The second-order valence-electron chi connectivity index (χ2n) is 6.52. The Bertz CT molecular complexity index is 1200. The Hall–Kier alpha value is -4.00. The third-order valence-corrected chi connectivity index (χ3v) is 4.82. The first-order valence-corrected chi connectivity index (χ1v) is 9.28. The number of ether oxygens (including phenoxy) is 3. The molecule has 2 aromatic carbocycles. The molecule has 0 saturated carbocycles. The molecule has 7 nitrogen and oxygen atoms in total. The van der Waals surface area contributed by atoms with Crippen molar-refractivity contribution >= 4 is 22.8 Å². The van der Waals surface area contributed by atoms with E-state index in [2.05, 4.69) is 10.3 Å². The van der Waals surface area contributed by atoms with Gasteiger partial charge in [-0.3, -0.25) is 4.57 Å². The quantitative estimate of drug-likeness (QED) is 0.518. The molecule has 0 radical (unpaired) electrons. The fourth-order valence-electron chi connectivity index (χ4n) is 3.31. The van der Waals surface area contributed by atoms with Crippen LogP contribution in [-0.4, -0.2) is 36.9 Å². The van der Waals surface area contributed by atoms with Crippen molar-refractivity contribution in [1.82, 2.24) is 9.55 Å². The lowest BCUT2D eigenvalue weighted by atomic mass is 10.1. The molecule has 0 aliphatic rings. The molecular weight excluding hydrogens is 382 g/mol. The highest BCUT2D eigenvalue weighted by molar-refractivity contribution is 6.03. The maximum absolute atomic E-state index is 13.0. The molecule has 0 saturated heterocycles. The first-order valence-electron chi connectivity index (χ1n) is 9.28. The van der Waals surface area contributed by atoms with Crippen molar-refractivity contribution in [3.05, 3.63) is 67.0 Å². The highest BCUT2D eigenvalue weighted by atomic mass is 16.5. The summed E-state index contributed by atoms with van der Waals surface area (Å²) in [6.45, 7) is 0. The molecule has 4 aromatic rings. The van der Waals surface area contributed by atoms with E-state index in [1.54, 1.807) is 58.0 Å². The average Bonchev–Trinajstić information content (AvgIpc) is 3.19. The van der Waals surface area contributed by atoms with Crippen LogP contribution in [0, 0.1) is 0 Å². The number of aromatic nitrogens is 2. The predicted molar refractivity (Wildman–Crippen MR) is 116 cm³/mol. The molecule has 1 N–H and O–H groups in total. The minimum Gasteiger partial charge on any atom is -0.497 e. The first kappa shape index (κ1) is 19.3. The maximum atomic E-state index is 13.0. The van der Waals surface area contributed by atoms with E-state index in [4.69, 9.17) is 14.2 Å². The zero-order valence-electron chi connectivity index (χ0n) is 16.9. The summed E-state index contributed by atoms with van der Waals surface area (Å²) in [5.41, 5.74) is 2.98. The van der Waals surface area contributed by atoms with Crippen molar-refractivity contribution in [2.75, 3.05) is 26.6 Å². The molecule has 0 atom stereocenters. The number of nitrogens with zero attached hydrogens (tertiary/aromatic N) is 2. The molecule has 1 amide bonds. The largest absolute Gasteiger partial charge is 0.497 e. The van der Waals surface area contributed by atoms with Crippen LogP contribution in [0.4, 0.5) is 10.5 Å². The van der Waals surface area contributed by atoms with Gasteiger partial charge in [0, 0.05) is 29.0 Å². The Balaban J connectivity index is 1.74. The standard InChI is InChI=1S/C23H21N3O4/c1-28-17-9-7-16(8-10-17)25-23(27)26-14-19(18-5-4-12-24-22(18)26)15-6-11-20(29-2)21(13-15)30-3/h4-14H,1-3H3,(H,25,27). The summed E-state index contributed by atoms with van der Waals surface area (Å²) in [6, 6.07) is 16.3. The number of carbonyl (C=O) groups is 1. The third-order valence-electron chi connectivity index (χ3n) is 4.82. The Kier molecular flexibility index (Phi) is 5.26. The van der Waals surface area contributed by atoms with E-state index in [9.17, 15) is 4.79 Å². The maximum Gasteiger partial charge on any atom is 0.331 e. The van der Waals surface area contributed by atoms with E-state index in [-0.39, 0.29) is 6.03 Å². The van der Waals surface area contributed by atoms with Gasteiger partial charge in [-0.25, -0.2) is 9.78 Å². The van der Waals surface area contributed by atoms with Crippen molar-refractivity contribution in [1.29, 1.82) is 0 Å². The highest BCUT2D eigenvalue weighted by Crippen LogP contribution is 2.36. The topological polar surface area (TPSA) is 74.6 Å². The van der Waals surface area contributed by atoms with Gasteiger partial charge in [-0.1, -0.05) is 6.07 Å². The van der Waals surface area contributed by atoms with Crippen molar-refractivity contribution in [3.8, 4) is 28.4 Å². The zero-order valence-corrected chi connectivity index (χ0v) is 16.9. The van der Waals surface area contributed by atoms with Crippen LogP contribution in [0.5, 0.6) is 17.2 Å². The molecule has 2 heterocycles. The molecular formula is C23H21N3O4. The van der Waals surface area contributed by atoms with Crippen LogP contribution in [0.2, 0.25) is 0 Å². The fourth-order valence-corrected chi connectivity index (χ4v) is 3.31. The molecule has 2 aromatic heterocycles. The number of anilines is 1. The molecule has 0 unspecified atom stereocenters. The monoisotopic (exact) mass is 403 g/mol. The molecule has 0 spiro atoms. The second-order valence-corrected chi connectivity index (χ2v) is 6.52. The number of fused-ring (bicyclic) bond motifs is 1. The van der Waals surface area contributed by atoms with Gasteiger partial charge in [0.2, 0.25) is 0 Å². The van der Waals surface area contributed by atoms with Gasteiger partial charge in [-0.2, -0.15) is 0 Å². The van der Waals surface area contributed by atoms with Crippen LogP contribution in [0.3, 0.4) is 0 Å². The molecule has 0 aliphatic heterocycles. The van der Waals surface area contributed by atoms with E-state index < -0.39 is 0 Å². The van der Waals surface area contributed by atoms with Crippen LogP contribution in [0.15, 0.2) is 67.0 Å². The van der Waals surface area contributed by atoms with Crippen LogP contribution in [-0.2, 0) is 0 Å². The van der Waals surface area contributed by atoms with Crippen LogP contribution in [0.25, 0.3) is 22.2 Å². The minimum atomic E-state index is -0.310. The number of hydrogen-bond acceptors (Lipinski definition) is 5.